The molecule has 0 atom stereocenters. The largest absolute Gasteiger partial charge is 0.493 e. The van der Waals surface area contributed by atoms with Gasteiger partial charge in [0.1, 0.15) is 5.82 Å². The molecule has 0 unspecified atom stereocenters. The number of methoxy groups -OCH3 is 2. The molecule has 0 aliphatic heterocycles. The third kappa shape index (κ3) is 4.32. The van der Waals surface area contributed by atoms with E-state index in [2.05, 4.69) is 21.6 Å². The average Bonchev–Trinajstić information content (AvgIpc) is 2.95. The summed E-state index contributed by atoms with van der Waals surface area (Å²) in [6.07, 6.45) is 2.90. The van der Waals surface area contributed by atoms with Crippen molar-refractivity contribution in [1.29, 1.82) is 0 Å². The molecule has 0 fully saturated rings. The summed E-state index contributed by atoms with van der Waals surface area (Å²) in [5.41, 5.74) is 1.19. The van der Waals surface area contributed by atoms with Gasteiger partial charge in [0.05, 0.1) is 14.2 Å². The topological polar surface area (TPSA) is 56.3 Å². The van der Waals surface area contributed by atoms with Crippen molar-refractivity contribution in [2.75, 3.05) is 26.1 Å². The predicted octanol–water partition coefficient (Wildman–Crippen LogP) is 3.16. The molecule has 2 rings (SSSR count). The number of aryl methyl sites for hydroxylation is 1. The molecule has 21 heavy (non-hydrogen) atoms. The fourth-order valence-corrected chi connectivity index (χ4v) is 2.64. The molecular formula is C15H21N3O2S. The van der Waals surface area contributed by atoms with E-state index >= 15 is 0 Å². The molecule has 0 amide bonds. The zero-order valence-electron chi connectivity index (χ0n) is 12.7. The van der Waals surface area contributed by atoms with Crippen LogP contribution in [0.3, 0.4) is 0 Å². The highest BCUT2D eigenvalue weighted by atomic mass is 32.1. The minimum atomic E-state index is 0.752. The summed E-state index contributed by atoms with van der Waals surface area (Å²) in [5, 5.41) is 4.20. The van der Waals surface area contributed by atoms with E-state index in [1.165, 1.54) is 17.1 Å². The first-order valence-corrected chi connectivity index (χ1v) is 7.81. The van der Waals surface area contributed by atoms with Crippen LogP contribution >= 0.6 is 11.5 Å². The van der Waals surface area contributed by atoms with Gasteiger partial charge in [0.2, 0.25) is 5.13 Å². The van der Waals surface area contributed by atoms with Gasteiger partial charge in [-0.2, -0.15) is 4.37 Å². The van der Waals surface area contributed by atoms with Crippen molar-refractivity contribution in [2.45, 2.75) is 26.2 Å². The van der Waals surface area contributed by atoms with Crippen LogP contribution < -0.4 is 14.8 Å². The number of aromatic nitrogens is 2. The molecule has 0 aliphatic rings. The van der Waals surface area contributed by atoms with Gasteiger partial charge in [-0.1, -0.05) is 13.0 Å². The van der Waals surface area contributed by atoms with Crippen molar-refractivity contribution >= 4 is 16.7 Å². The van der Waals surface area contributed by atoms with Gasteiger partial charge >= 0.3 is 0 Å². The third-order valence-corrected chi connectivity index (χ3v) is 3.79. The van der Waals surface area contributed by atoms with Gasteiger partial charge in [0.25, 0.3) is 0 Å². The van der Waals surface area contributed by atoms with E-state index in [9.17, 15) is 0 Å². The van der Waals surface area contributed by atoms with Gasteiger partial charge in [-0.05, 0) is 30.5 Å². The fraction of sp³-hybridized carbons (Fsp3) is 0.467. The maximum absolute atomic E-state index is 5.31. The van der Waals surface area contributed by atoms with Crippen molar-refractivity contribution in [3.63, 3.8) is 0 Å². The van der Waals surface area contributed by atoms with Gasteiger partial charge in [0, 0.05) is 24.5 Å². The quantitative estimate of drug-likeness (QED) is 0.812. The summed E-state index contributed by atoms with van der Waals surface area (Å²) in [5.74, 6) is 2.44. The minimum Gasteiger partial charge on any atom is -0.493 e. The SMILES string of the molecule is CCCc1nsc(NCCc2ccc(OC)c(OC)c2)n1. The maximum Gasteiger partial charge on any atom is 0.202 e. The Morgan fingerprint density at radius 3 is 2.67 bits per heavy atom. The van der Waals surface area contributed by atoms with E-state index in [-0.39, 0.29) is 0 Å². The zero-order chi connectivity index (χ0) is 15.1. The first-order valence-electron chi connectivity index (χ1n) is 7.04. The zero-order valence-corrected chi connectivity index (χ0v) is 13.5. The molecule has 114 valence electrons. The van der Waals surface area contributed by atoms with Crippen molar-refractivity contribution < 1.29 is 9.47 Å². The molecule has 2 aromatic rings. The smallest absolute Gasteiger partial charge is 0.202 e. The van der Waals surface area contributed by atoms with Crippen molar-refractivity contribution in [3.8, 4) is 11.5 Å². The normalized spacial score (nSPS) is 10.4. The molecule has 0 saturated heterocycles. The first-order chi connectivity index (χ1) is 10.3. The number of nitrogens with one attached hydrogen (secondary N) is 1. The Labute approximate surface area is 129 Å². The molecule has 0 saturated carbocycles. The second kappa shape index (κ2) is 7.83. The van der Waals surface area contributed by atoms with Crippen LogP contribution in [0, 0.1) is 0 Å². The summed E-state index contributed by atoms with van der Waals surface area (Å²) in [6, 6.07) is 5.98. The number of hydrogen-bond acceptors (Lipinski definition) is 6. The molecule has 1 aromatic heterocycles. The second-order valence-corrected chi connectivity index (χ2v) is 5.38. The molecular weight excluding hydrogens is 286 g/mol. The van der Waals surface area contributed by atoms with Crippen LogP contribution in [0.4, 0.5) is 5.13 Å². The van der Waals surface area contributed by atoms with Gasteiger partial charge in [-0.3, -0.25) is 0 Å². The van der Waals surface area contributed by atoms with Crippen LogP contribution in [-0.4, -0.2) is 30.1 Å². The molecule has 6 heteroatoms. The van der Waals surface area contributed by atoms with Gasteiger partial charge < -0.3 is 14.8 Å². The molecule has 0 spiro atoms. The monoisotopic (exact) mass is 307 g/mol. The highest BCUT2D eigenvalue weighted by molar-refractivity contribution is 7.09. The number of benzene rings is 1. The molecule has 1 N–H and O–H groups in total. The summed E-state index contributed by atoms with van der Waals surface area (Å²) >= 11 is 1.42. The van der Waals surface area contributed by atoms with E-state index in [0.717, 1.165) is 48.3 Å². The summed E-state index contributed by atoms with van der Waals surface area (Å²) in [7, 11) is 3.29. The Morgan fingerprint density at radius 1 is 1.14 bits per heavy atom. The first kappa shape index (κ1) is 15.6. The number of ether oxygens (including phenoxy) is 2. The Hall–Kier alpha value is -1.82. The highest BCUT2D eigenvalue weighted by Gasteiger charge is 2.05. The van der Waals surface area contributed by atoms with Crippen LogP contribution in [0.2, 0.25) is 0 Å². The maximum atomic E-state index is 5.31. The van der Waals surface area contributed by atoms with Crippen molar-refractivity contribution in [3.05, 3.63) is 29.6 Å². The summed E-state index contributed by atoms with van der Waals surface area (Å²) < 4.78 is 14.9. The second-order valence-electron chi connectivity index (χ2n) is 4.63. The van der Waals surface area contributed by atoms with Crippen LogP contribution in [0.5, 0.6) is 11.5 Å². The third-order valence-electron chi connectivity index (χ3n) is 3.08. The standard InChI is InChI=1S/C15H21N3O2S/c1-4-5-14-17-15(21-18-14)16-9-8-11-6-7-12(19-2)13(10-11)20-3/h6-7,10H,4-5,8-9H2,1-3H3,(H,16,17,18). The van der Waals surface area contributed by atoms with E-state index < -0.39 is 0 Å². The molecule has 0 bridgehead atoms. The van der Waals surface area contributed by atoms with E-state index in [4.69, 9.17) is 9.47 Å². The van der Waals surface area contributed by atoms with Crippen molar-refractivity contribution in [2.24, 2.45) is 0 Å². The number of anilines is 1. The van der Waals surface area contributed by atoms with Crippen LogP contribution in [-0.2, 0) is 12.8 Å². The highest BCUT2D eigenvalue weighted by Crippen LogP contribution is 2.27. The van der Waals surface area contributed by atoms with E-state index in [1.54, 1.807) is 14.2 Å². The lowest BCUT2D eigenvalue weighted by molar-refractivity contribution is 0.354. The van der Waals surface area contributed by atoms with Gasteiger partial charge in [0.15, 0.2) is 11.5 Å². The van der Waals surface area contributed by atoms with Gasteiger partial charge in [-0.15, -0.1) is 0 Å². The molecule has 5 nitrogen and oxygen atoms in total. The molecule has 0 radical (unpaired) electrons. The Morgan fingerprint density at radius 2 is 1.95 bits per heavy atom. The van der Waals surface area contributed by atoms with Crippen molar-refractivity contribution in [1.82, 2.24) is 9.36 Å². The Kier molecular flexibility index (Phi) is 5.80. The van der Waals surface area contributed by atoms with Crippen LogP contribution in [0.1, 0.15) is 24.7 Å². The number of hydrogen-bond donors (Lipinski definition) is 1. The summed E-state index contributed by atoms with van der Waals surface area (Å²) in [4.78, 5) is 4.44. The molecule has 0 aliphatic carbocycles. The average molecular weight is 307 g/mol. The lowest BCUT2D eigenvalue weighted by atomic mass is 10.1. The van der Waals surface area contributed by atoms with Crippen LogP contribution in [0.15, 0.2) is 18.2 Å². The Balaban J connectivity index is 1.87. The van der Waals surface area contributed by atoms with Crippen LogP contribution in [0.25, 0.3) is 0 Å². The van der Waals surface area contributed by atoms with E-state index in [1.807, 2.05) is 18.2 Å². The predicted molar refractivity (Wildman–Crippen MR) is 85.6 cm³/mol. The lowest BCUT2D eigenvalue weighted by Crippen LogP contribution is -2.05. The number of nitrogens with zero attached hydrogens (tertiary/aromatic N) is 2. The molecule has 1 heterocycles. The number of rotatable bonds is 8. The minimum absolute atomic E-state index is 0.752. The molecule has 1 aromatic carbocycles. The Bertz CT molecular complexity index is 572. The fourth-order valence-electron chi connectivity index (χ4n) is 2.00. The van der Waals surface area contributed by atoms with Gasteiger partial charge in [-0.25, -0.2) is 4.98 Å². The summed E-state index contributed by atoms with van der Waals surface area (Å²) in [6.45, 7) is 2.95. The lowest BCUT2D eigenvalue weighted by Gasteiger charge is -2.09. The van der Waals surface area contributed by atoms with E-state index in [0.29, 0.717) is 0 Å².